The van der Waals surface area contributed by atoms with Crippen LogP contribution >= 0.6 is 0 Å². The van der Waals surface area contributed by atoms with Crippen LogP contribution in [0.1, 0.15) is 52.4 Å². The van der Waals surface area contributed by atoms with Crippen LogP contribution in [-0.4, -0.2) is 24.8 Å². The van der Waals surface area contributed by atoms with E-state index in [4.69, 9.17) is 4.74 Å². The van der Waals surface area contributed by atoms with Gasteiger partial charge in [-0.25, -0.2) is 0 Å². The average molecular weight is 280 g/mol. The zero-order valence-electron chi connectivity index (χ0n) is 13.0. The second kappa shape index (κ2) is 8.25. The molecule has 114 valence electrons. The molecule has 0 heterocycles. The summed E-state index contributed by atoms with van der Waals surface area (Å²) in [6.07, 6.45) is 11.4. The van der Waals surface area contributed by atoms with Crippen LogP contribution in [0.15, 0.2) is 23.8 Å². The fraction of sp³-hybridized carbons (Fsp3) is 0.706. The molecule has 0 saturated carbocycles. The summed E-state index contributed by atoms with van der Waals surface area (Å²) in [5, 5.41) is 9.85. The van der Waals surface area contributed by atoms with Crippen molar-refractivity contribution in [3.63, 3.8) is 0 Å². The van der Waals surface area contributed by atoms with Crippen LogP contribution < -0.4 is 0 Å². The van der Waals surface area contributed by atoms with E-state index in [0.29, 0.717) is 13.0 Å². The second-order valence-corrected chi connectivity index (χ2v) is 5.63. The Morgan fingerprint density at radius 3 is 2.70 bits per heavy atom. The summed E-state index contributed by atoms with van der Waals surface area (Å²) in [4.78, 5) is 12.0. The highest BCUT2D eigenvalue weighted by Gasteiger charge is 2.45. The molecule has 1 N–H and O–H groups in total. The molecule has 0 spiro atoms. The fourth-order valence-corrected chi connectivity index (χ4v) is 3.19. The van der Waals surface area contributed by atoms with Crippen molar-refractivity contribution in [2.75, 3.05) is 13.7 Å². The lowest BCUT2D eigenvalue weighted by atomic mass is 9.64. The number of hydrogen-bond donors (Lipinski definition) is 1. The lowest BCUT2D eigenvalue weighted by molar-refractivity contribution is -0.149. The molecule has 20 heavy (non-hydrogen) atoms. The van der Waals surface area contributed by atoms with Gasteiger partial charge in [-0.2, -0.15) is 0 Å². The van der Waals surface area contributed by atoms with Gasteiger partial charge in [-0.15, -0.1) is 0 Å². The third-order valence-electron chi connectivity index (χ3n) is 4.26. The Labute approximate surface area is 122 Å². The van der Waals surface area contributed by atoms with Gasteiger partial charge in [-0.1, -0.05) is 56.9 Å². The van der Waals surface area contributed by atoms with Crippen molar-refractivity contribution in [3.05, 3.63) is 23.8 Å². The molecule has 1 aliphatic carbocycles. The first-order valence-corrected chi connectivity index (χ1v) is 7.73. The third kappa shape index (κ3) is 3.72. The highest BCUT2D eigenvalue weighted by Crippen LogP contribution is 2.45. The van der Waals surface area contributed by atoms with Gasteiger partial charge < -0.3 is 9.84 Å². The van der Waals surface area contributed by atoms with Crippen LogP contribution in [-0.2, 0) is 9.53 Å². The average Bonchev–Trinajstić information content (AvgIpc) is 2.44. The Hall–Kier alpha value is -1.09. The van der Waals surface area contributed by atoms with Crippen molar-refractivity contribution in [2.24, 2.45) is 11.3 Å². The minimum absolute atomic E-state index is 0.0662. The van der Waals surface area contributed by atoms with Gasteiger partial charge in [-0.05, 0) is 19.3 Å². The van der Waals surface area contributed by atoms with Gasteiger partial charge in [0, 0.05) is 19.6 Å². The van der Waals surface area contributed by atoms with E-state index in [9.17, 15) is 9.90 Å². The van der Waals surface area contributed by atoms with Gasteiger partial charge in [0.15, 0.2) is 0 Å². The third-order valence-corrected chi connectivity index (χ3v) is 4.26. The Morgan fingerprint density at radius 2 is 2.15 bits per heavy atom. The monoisotopic (exact) mass is 280 g/mol. The minimum atomic E-state index is -0.742. The molecule has 0 aromatic rings. The van der Waals surface area contributed by atoms with Crippen molar-refractivity contribution < 1.29 is 14.6 Å². The highest BCUT2D eigenvalue weighted by molar-refractivity contribution is 5.79. The zero-order chi connectivity index (χ0) is 15.0. The maximum absolute atomic E-state index is 12.0. The molecule has 0 amide bonds. The Balaban J connectivity index is 3.06. The number of allylic oxidation sites excluding steroid dienone is 3. The maximum Gasteiger partial charge on any atom is 0.314 e. The molecule has 0 saturated heterocycles. The first kappa shape index (κ1) is 17.0. The molecule has 1 aliphatic rings. The molecular formula is C17H28O3. The van der Waals surface area contributed by atoms with Crippen LogP contribution in [0.3, 0.4) is 0 Å². The minimum Gasteiger partial charge on any atom is -0.481 e. The van der Waals surface area contributed by atoms with E-state index in [-0.39, 0.29) is 5.92 Å². The van der Waals surface area contributed by atoms with Gasteiger partial charge in [0.05, 0.1) is 5.41 Å². The Kier molecular flexibility index (Phi) is 7.00. The van der Waals surface area contributed by atoms with Crippen molar-refractivity contribution >= 4 is 5.97 Å². The van der Waals surface area contributed by atoms with E-state index in [1.54, 1.807) is 7.11 Å². The molecule has 0 fully saturated rings. The topological polar surface area (TPSA) is 46.5 Å². The van der Waals surface area contributed by atoms with E-state index in [0.717, 1.165) is 32.1 Å². The van der Waals surface area contributed by atoms with Crippen LogP contribution in [0.5, 0.6) is 0 Å². The van der Waals surface area contributed by atoms with Crippen LogP contribution in [0.25, 0.3) is 0 Å². The summed E-state index contributed by atoms with van der Waals surface area (Å²) in [7, 11) is 1.68. The summed E-state index contributed by atoms with van der Waals surface area (Å²) in [5.41, 5.74) is 0.527. The van der Waals surface area contributed by atoms with E-state index < -0.39 is 11.4 Å². The largest absolute Gasteiger partial charge is 0.481 e. The van der Waals surface area contributed by atoms with Crippen molar-refractivity contribution in [1.29, 1.82) is 0 Å². The summed E-state index contributed by atoms with van der Waals surface area (Å²) >= 11 is 0. The molecule has 2 atom stereocenters. The molecule has 2 unspecified atom stereocenters. The van der Waals surface area contributed by atoms with Crippen molar-refractivity contribution in [3.8, 4) is 0 Å². The summed E-state index contributed by atoms with van der Waals surface area (Å²) in [5.74, 6) is -0.624. The quantitative estimate of drug-likeness (QED) is 0.688. The van der Waals surface area contributed by atoms with E-state index in [1.807, 2.05) is 12.2 Å². The first-order chi connectivity index (χ1) is 9.62. The number of carbonyl (C=O) groups is 1. The van der Waals surface area contributed by atoms with E-state index >= 15 is 0 Å². The van der Waals surface area contributed by atoms with Crippen molar-refractivity contribution in [1.82, 2.24) is 0 Å². The molecule has 0 aromatic heterocycles. The molecule has 3 heteroatoms. The molecule has 0 aromatic carbocycles. The Bertz CT molecular complexity index is 370. The summed E-state index contributed by atoms with van der Waals surface area (Å²) < 4.78 is 5.20. The predicted molar refractivity (Wildman–Crippen MR) is 81.7 cm³/mol. The Morgan fingerprint density at radius 1 is 1.40 bits per heavy atom. The number of rotatable bonds is 9. The molecule has 1 rings (SSSR count). The molecule has 0 aliphatic heterocycles. The number of hydrogen-bond acceptors (Lipinski definition) is 2. The predicted octanol–water partition coefficient (Wildman–Crippen LogP) is 4.20. The fourth-order valence-electron chi connectivity index (χ4n) is 3.19. The lowest BCUT2D eigenvalue weighted by Crippen LogP contribution is -2.40. The number of ether oxygens (including phenoxy) is 1. The molecular weight excluding hydrogens is 252 g/mol. The number of unbranched alkanes of at least 4 members (excludes halogenated alkanes) is 1. The smallest absolute Gasteiger partial charge is 0.314 e. The molecule has 0 radical (unpaired) electrons. The van der Waals surface area contributed by atoms with Gasteiger partial charge in [0.2, 0.25) is 0 Å². The van der Waals surface area contributed by atoms with E-state index in [1.165, 1.54) is 5.57 Å². The van der Waals surface area contributed by atoms with Gasteiger partial charge in [-0.3, -0.25) is 4.79 Å². The SMILES string of the molecule is CCCCC1(C(=O)O)C=CC=C(CCC)C1CCOC. The lowest BCUT2D eigenvalue weighted by Gasteiger charge is -2.38. The number of aliphatic carboxylic acids is 1. The van der Waals surface area contributed by atoms with Gasteiger partial charge in [0.25, 0.3) is 0 Å². The first-order valence-electron chi connectivity index (χ1n) is 7.73. The number of methoxy groups -OCH3 is 1. The van der Waals surface area contributed by atoms with E-state index in [2.05, 4.69) is 19.9 Å². The van der Waals surface area contributed by atoms with Gasteiger partial charge >= 0.3 is 5.97 Å². The summed E-state index contributed by atoms with van der Waals surface area (Å²) in [6, 6.07) is 0. The van der Waals surface area contributed by atoms with Crippen LogP contribution in [0, 0.1) is 11.3 Å². The molecule has 0 bridgehead atoms. The molecule has 3 nitrogen and oxygen atoms in total. The van der Waals surface area contributed by atoms with Crippen LogP contribution in [0.4, 0.5) is 0 Å². The van der Waals surface area contributed by atoms with Gasteiger partial charge in [0.1, 0.15) is 0 Å². The summed E-state index contributed by atoms with van der Waals surface area (Å²) in [6.45, 7) is 4.86. The number of carboxylic acid groups (broad SMARTS) is 1. The highest BCUT2D eigenvalue weighted by atomic mass is 16.5. The van der Waals surface area contributed by atoms with Crippen molar-refractivity contribution in [2.45, 2.75) is 52.4 Å². The second-order valence-electron chi connectivity index (χ2n) is 5.63. The normalized spacial score (nSPS) is 25.6. The maximum atomic E-state index is 12.0. The standard InChI is InChI=1S/C17H28O3/c1-4-6-11-17(16(18)19)12-7-9-14(8-5-2)15(17)10-13-20-3/h7,9,12,15H,4-6,8,10-11,13H2,1-3H3,(H,18,19). The zero-order valence-corrected chi connectivity index (χ0v) is 13.0. The number of carboxylic acids is 1. The van der Waals surface area contributed by atoms with Crippen LogP contribution in [0.2, 0.25) is 0 Å².